The Morgan fingerprint density at radius 2 is 1.88 bits per heavy atom. The van der Waals surface area contributed by atoms with Crippen LogP contribution in [0.25, 0.3) is 0 Å². The van der Waals surface area contributed by atoms with Gasteiger partial charge in [-0.05, 0) is 42.8 Å². The van der Waals surface area contributed by atoms with Gasteiger partial charge in [0.05, 0.1) is 0 Å². The van der Waals surface area contributed by atoms with E-state index in [2.05, 4.69) is 5.32 Å². The molecule has 0 aliphatic heterocycles. The largest absolute Gasteiger partial charge is 0.350 e. The van der Waals surface area contributed by atoms with Gasteiger partial charge >= 0.3 is 0 Å². The molecule has 2 aromatic carbocycles. The second-order valence-corrected chi connectivity index (χ2v) is 5.85. The molecule has 2 aromatic rings. The van der Waals surface area contributed by atoms with E-state index in [0.29, 0.717) is 10.7 Å². The van der Waals surface area contributed by atoms with Crippen LogP contribution in [0.5, 0.6) is 0 Å². The molecule has 25 heavy (non-hydrogen) atoms. The minimum Gasteiger partial charge on any atom is -0.350 e. The molecule has 0 spiro atoms. The van der Waals surface area contributed by atoms with Gasteiger partial charge in [-0.1, -0.05) is 17.7 Å². The zero-order valence-electron chi connectivity index (χ0n) is 13.8. The van der Waals surface area contributed by atoms with Gasteiger partial charge in [0.25, 0.3) is 5.91 Å². The van der Waals surface area contributed by atoms with Crippen molar-refractivity contribution in [1.82, 2.24) is 5.32 Å². The summed E-state index contributed by atoms with van der Waals surface area (Å²) in [5.74, 6) is -2.86. The third-order valence-corrected chi connectivity index (χ3v) is 4.12. The average Bonchev–Trinajstić information content (AvgIpc) is 2.56. The SMILES string of the molecule is CC(=O)N(CCNC(=O)c1ccc(F)c(F)c1)c1cccc(Cl)c1C. The molecule has 0 saturated carbocycles. The van der Waals surface area contributed by atoms with Crippen molar-refractivity contribution in [2.45, 2.75) is 13.8 Å². The lowest BCUT2D eigenvalue weighted by atomic mass is 10.1. The number of amides is 2. The molecule has 7 heteroatoms. The topological polar surface area (TPSA) is 49.4 Å². The quantitative estimate of drug-likeness (QED) is 0.877. The van der Waals surface area contributed by atoms with Crippen LogP contribution in [0.2, 0.25) is 5.02 Å². The Hall–Kier alpha value is -2.47. The van der Waals surface area contributed by atoms with Crippen molar-refractivity contribution in [2.75, 3.05) is 18.0 Å². The van der Waals surface area contributed by atoms with E-state index in [1.54, 1.807) is 25.1 Å². The van der Waals surface area contributed by atoms with Gasteiger partial charge in [0, 0.05) is 36.3 Å². The molecule has 0 radical (unpaired) electrons. The third kappa shape index (κ3) is 4.54. The van der Waals surface area contributed by atoms with Crippen LogP contribution in [-0.4, -0.2) is 24.9 Å². The predicted octanol–water partition coefficient (Wildman–Crippen LogP) is 3.71. The monoisotopic (exact) mass is 366 g/mol. The van der Waals surface area contributed by atoms with Gasteiger partial charge in [-0.25, -0.2) is 8.78 Å². The van der Waals surface area contributed by atoms with Gasteiger partial charge < -0.3 is 10.2 Å². The Balaban J connectivity index is 2.04. The van der Waals surface area contributed by atoms with Crippen LogP contribution in [0, 0.1) is 18.6 Å². The van der Waals surface area contributed by atoms with Crippen LogP contribution in [0.4, 0.5) is 14.5 Å². The molecule has 0 fully saturated rings. The summed E-state index contributed by atoms with van der Waals surface area (Å²) in [7, 11) is 0. The van der Waals surface area contributed by atoms with Crippen molar-refractivity contribution in [3.8, 4) is 0 Å². The average molecular weight is 367 g/mol. The number of benzene rings is 2. The van der Waals surface area contributed by atoms with Crippen molar-refractivity contribution < 1.29 is 18.4 Å². The first kappa shape index (κ1) is 18.9. The Kier molecular flexibility index (Phi) is 6.09. The maximum absolute atomic E-state index is 13.2. The van der Waals surface area contributed by atoms with E-state index in [1.165, 1.54) is 17.9 Å². The van der Waals surface area contributed by atoms with Crippen LogP contribution in [0.3, 0.4) is 0 Å². The third-order valence-electron chi connectivity index (χ3n) is 3.71. The highest BCUT2D eigenvalue weighted by molar-refractivity contribution is 6.31. The van der Waals surface area contributed by atoms with E-state index in [1.807, 2.05) is 0 Å². The van der Waals surface area contributed by atoms with E-state index >= 15 is 0 Å². The van der Waals surface area contributed by atoms with E-state index in [4.69, 9.17) is 11.6 Å². The van der Waals surface area contributed by atoms with Gasteiger partial charge in [-0.2, -0.15) is 0 Å². The first-order valence-electron chi connectivity index (χ1n) is 7.57. The summed E-state index contributed by atoms with van der Waals surface area (Å²) in [6, 6.07) is 8.14. The maximum Gasteiger partial charge on any atom is 0.251 e. The van der Waals surface area contributed by atoms with Crippen LogP contribution in [0.15, 0.2) is 36.4 Å². The molecule has 0 saturated heterocycles. The summed E-state index contributed by atoms with van der Waals surface area (Å²) < 4.78 is 26.1. The normalized spacial score (nSPS) is 10.4. The number of rotatable bonds is 5. The van der Waals surface area contributed by atoms with E-state index in [9.17, 15) is 18.4 Å². The Morgan fingerprint density at radius 3 is 2.52 bits per heavy atom. The number of anilines is 1. The molecule has 0 aromatic heterocycles. The lowest BCUT2D eigenvalue weighted by molar-refractivity contribution is -0.116. The standard InChI is InChI=1S/C18H17ClF2N2O2/c1-11-14(19)4-3-5-17(11)23(12(2)24)9-8-22-18(25)13-6-7-15(20)16(21)10-13/h3-7,10H,8-9H2,1-2H3,(H,22,25). The first-order valence-corrected chi connectivity index (χ1v) is 7.95. The van der Waals surface area contributed by atoms with Crippen LogP contribution in [-0.2, 0) is 4.79 Å². The lowest BCUT2D eigenvalue weighted by Crippen LogP contribution is -2.38. The molecule has 132 valence electrons. The molecule has 0 bridgehead atoms. The predicted molar refractivity (Wildman–Crippen MR) is 92.9 cm³/mol. The number of hydrogen-bond acceptors (Lipinski definition) is 2. The number of nitrogens with zero attached hydrogens (tertiary/aromatic N) is 1. The molecule has 0 aliphatic rings. The fourth-order valence-electron chi connectivity index (χ4n) is 2.36. The van der Waals surface area contributed by atoms with Crippen molar-refractivity contribution in [1.29, 1.82) is 0 Å². The van der Waals surface area contributed by atoms with Gasteiger partial charge in [0.1, 0.15) is 0 Å². The number of carbonyl (C=O) groups excluding carboxylic acids is 2. The van der Waals surface area contributed by atoms with Gasteiger partial charge in [0.2, 0.25) is 5.91 Å². The molecule has 2 rings (SSSR count). The van der Waals surface area contributed by atoms with Crippen LogP contribution < -0.4 is 10.2 Å². The molecule has 0 heterocycles. The number of halogens is 3. The van der Waals surface area contributed by atoms with E-state index in [-0.39, 0.29) is 24.6 Å². The smallest absolute Gasteiger partial charge is 0.251 e. The molecule has 0 atom stereocenters. The maximum atomic E-state index is 13.2. The van der Waals surface area contributed by atoms with Crippen LogP contribution in [0.1, 0.15) is 22.8 Å². The number of carbonyl (C=O) groups is 2. The van der Waals surface area contributed by atoms with Crippen molar-refractivity contribution in [3.63, 3.8) is 0 Å². The summed E-state index contributed by atoms with van der Waals surface area (Å²) in [4.78, 5) is 25.4. The second-order valence-electron chi connectivity index (χ2n) is 5.44. The fourth-order valence-corrected chi connectivity index (χ4v) is 2.53. The van der Waals surface area contributed by atoms with Gasteiger partial charge in [-0.3, -0.25) is 9.59 Å². The van der Waals surface area contributed by atoms with Crippen molar-refractivity contribution >= 4 is 29.1 Å². The number of hydrogen-bond donors (Lipinski definition) is 1. The van der Waals surface area contributed by atoms with Gasteiger partial charge in [0.15, 0.2) is 11.6 Å². The first-order chi connectivity index (χ1) is 11.8. The molecule has 4 nitrogen and oxygen atoms in total. The molecule has 1 N–H and O–H groups in total. The minimum atomic E-state index is -1.09. The lowest BCUT2D eigenvalue weighted by Gasteiger charge is -2.23. The highest BCUT2D eigenvalue weighted by Crippen LogP contribution is 2.26. The second kappa shape index (κ2) is 8.07. The Labute approximate surface area is 149 Å². The van der Waals surface area contributed by atoms with E-state index < -0.39 is 17.5 Å². The highest BCUT2D eigenvalue weighted by atomic mass is 35.5. The molecular weight excluding hydrogens is 350 g/mol. The number of nitrogens with one attached hydrogen (secondary N) is 1. The minimum absolute atomic E-state index is 0.00668. The van der Waals surface area contributed by atoms with E-state index in [0.717, 1.165) is 17.7 Å². The van der Waals surface area contributed by atoms with Crippen molar-refractivity contribution in [3.05, 3.63) is 64.2 Å². The Bertz CT molecular complexity index is 812. The zero-order chi connectivity index (χ0) is 18.6. The van der Waals surface area contributed by atoms with Crippen LogP contribution >= 0.6 is 11.6 Å². The summed E-state index contributed by atoms with van der Waals surface area (Å²) >= 11 is 6.08. The fraction of sp³-hybridized carbons (Fsp3) is 0.222. The zero-order valence-corrected chi connectivity index (χ0v) is 14.5. The summed E-state index contributed by atoms with van der Waals surface area (Å²) in [5.41, 5.74) is 1.42. The summed E-state index contributed by atoms with van der Waals surface area (Å²) in [6.45, 7) is 3.57. The van der Waals surface area contributed by atoms with Gasteiger partial charge in [-0.15, -0.1) is 0 Å². The summed E-state index contributed by atoms with van der Waals surface area (Å²) in [5, 5.41) is 3.12. The summed E-state index contributed by atoms with van der Waals surface area (Å²) in [6.07, 6.45) is 0. The molecule has 0 unspecified atom stereocenters. The Morgan fingerprint density at radius 1 is 1.16 bits per heavy atom. The molecular formula is C18H17ClF2N2O2. The molecule has 0 aliphatic carbocycles. The van der Waals surface area contributed by atoms with Crippen molar-refractivity contribution in [2.24, 2.45) is 0 Å². The highest BCUT2D eigenvalue weighted by Gasteiger charge is 2.16. The molecule has 2 amide bonds.